The lowest BCUT2D eigenvalue weighted by Crippen LogP contribution is -2.31. The van der Waals surface area contributed by atoms with Crippen molar-refractivity contribution in [2.24, 2.45) is 0 Å². The second-order valence-corrected chi connectivity index (χ2v) is 3.90. The molecule has 1 rings (SSSR count). The van der Waals surface area contributed by atoms with Crippen LogP contribution >= 0.6 is 11.8 Å². The Morgan fingerprint density at radius 1 is 1.53 bits per heavy atom. The highest BCUT2D eigenvalue weighted by Crippen LogP contribution is 2.19. The topological polar surface area (TPSA) is 58.0 Å². The summed E-state index contributed by atoms with van der Waals surface area (Å²) in [6, 6.07) is -1.63. The summed E-state index contributed by atoms with van der Waals surface area (Å²) in [6.07, 6.45) is 0.193. The lowest BCUT2D eigenvalue weighted by molar-refractivity contribution is 0.112. The molecule has 2 N–H and O–H groups in total. The third-order valence-electron chi connectivity index (χ3n) is 1.99. The number of alkyl halides is 3. The summed E-state index contributed by atoms with van der Waals surface area (Å²) in [4.78, 5) is 7.79. The third-order valence-corrected chi connectivity index (χ3v) is 2.55. The van der Waals surface area contributed by atoms with Gasteiger partial charge in [-0.2, -0.15) is 0 Å². The molecule has 0 bridgehead atoms. The van der Waals surface area contributed by atoms with Crippen LogP contribution in [0.15, 0.2) is 11.4 Å². The van der Waals surface area contributed by atoms with Crippen molar-refractivity contribution in [3.05, 3.63) is 11.8 Å². The molecule has 1 heterocycles. The maximum absolute atomic E-state index is 12.4. The summed E-state index contributed by atoms with van der Waals surface area (Å²) in [5.41, 5.74) is 0.252. The van der Waals surface area contributed by atoms with E-state index >= 15 is 0 Å². The number of hydrogen-bond acceptors (Lipinski definition) is 5. The van der Waals surface area contributed by atoms with E-state index in [0.717, 1.165) is 0 Å². The molecule has 0 radical (unpaired) electrons. The van der Waals surface area contributed by atoms with E-state index in [-0.39, 0.29) is 11.4 Å². The highest BCUT2D eigenvalue weighted by Gasteiger charge is 2.21. The minimum atomic E-state index is -2.85. The average molecular weight is 267 g/mol. The fourth-order valence-corrected chi connectivity index (χ4v) is 1.41. The maximum atomic E-state index is 12.4. The van der Waals surface area contributed by atoms with Crippen LogP contribution in [0.25, 0.3) is 0 Å². The van der Waals surface area contributed by atoms with E-state index in [1.807, 2.05) is 0 Å². The van der Waals surface area contributed by atoms with E-state index in [2.05, 4.69) is 15.3 Å². The monoisotopic (exact) mass is 267 g/mol. The molecule has 0 unspecified atom stereocenters. The van der Waals surface area contributed by atoms with Gasteiger partial charge in [-0.1, -0.05) is 11.8 Å². The van der Waals surface area contributed by atoms with E-state index in [9.17, 15) is 13.2 Å². The molecule has 0 aliphatic rings. The van der Waals surface area contributed by atoms with Gasteiger partial charge in [-0.15, -0.1) is 0 Å². The van der Waals surface area contributed by atoms with Crippen LogP contribution in [0.2, 0.25) is 0 Å². The smallest absolute Gasteiger partial charge is 0.260 e. The van der Waals surface area contributed by atoms with Gasteiger partial charge >= 0.3 is 0 Å². The molecule has 4 nitrogen and oxygen atoms in total. The largest absolute Gasteiger partial charge is 0.391 e. The number of hydrogen-bond donors (Lipinski definition) is 2. The van der Waals surface area contributed by atoms with Gasteiger partial charge in [-0.25, -0.2) is 23.1 Å². The number of nitrogens with zero attached hydrogens (tertiary/aromatic N) is 2. The van der Waals surface area contributed by atoms with Crippen molar-refractivity contribution >= 4 is 17.6 Å². The molecule has 0 amide bonds. The number of nitrogens with one attached hydrogen (secondary N) is 1. The second-order valence-electron chi connectivity index (χ2n) is 3.13. The van der Waals surface area contributed by atoms with E-state index < -0.39 is 25.7 Å². The molecule has 96 valence electrons. The zero-order chi connectivity index (χ0) is 12.8. The molecule has 1 atom stereocenters. The quantitative estimate of drug-likeness (QED) is 0.607. The Morgan fingerprint density at radius 2 is 2.24 bits per heavy atom. The van der Waals surface area contributed by atoms with Crippen molar-refractivity contribution in [1.29, 1.82) is 0 Å². The number of anilines is 1. The van der Waals surface area contributed by atoms with Gasteiger partial charge in [0, 0.05) is 11.8 Å². The van der Waals surface area contributed by atoms with Crippen LogP contribution in [0.5, 0.6) is 0 Å². The average Bonchev–Trinajstić information content (AvgIpc) is 2.35. The summed E-state index contributed by atoms with van der Waals surface area (Å²) < 4.78 is 37.1. The number of thioether (sulfide) groups is 1. The van der Waals surface area contributed by atoms with Crippen molar-refractivity contribution in [3.63, 3.8) is 0 Å². The van der Waals surface area contributed by atoms with Crippen LogP contribution in [0, 0.1) is 0 Å². The third kappa shape index (κ3) is 3.74. The molecule has 0 aliphatic heterocycles. The number of aromatic nitrogens is 2. The van der Waals surface area contributed by atoms with Gasteiger partial charge in [0.15, 0.2) is 5.16 Å². The Kier molecular flexibility index (Phi) is 5.49. The van der Waals surface area contributed by atoms with Crippen LogP contribution in [-0.2, 0) is 6.61 Å². The SMILES string of the molecule is CSc1ncc(CO)c(N[C@@H](CF)C(F)F)n1. The Balaban J connectivity index is 2.93. The normalized spacial score (nSPS) is 12.8. The zero-order valence-electron chi connectivity index (χ0n) is 9.03. The minimum absolute atomic E-state index is 0.0369. The molecule has 0 spiro atoms. The first kappa shape index (κ1) is 14.0. The number of aliphatic hydroxyl groups excluding tert-OH is 1. The number of halogens is 3. The van der Waals surface area contributed by atoms with Gasteiger partial charge in [0.2, 0.25) is 0 Å². The van der Waals surface area contributed by atoms with Crippen molar-refractivity contribution in [3.8, 4) is 0 Å². The van der Waals surface area contributed by atoms with Crippen LogP contribution < -0.4 is 5.32 Å². The molecule has 17 heavy (non-hydrogen) atoms. The van der Waals surface area contributed by atoms with Crippen LogP contribution in [0.4, 0.5) is 19.0 Å². The molecule has 0 aromatic carbocycles. The van der Waals surface area contributed by atoms with Gasteiger partial charge in [0.1, 0.15) is 18.5 Å². The summed E-state index contributed by atoms with van der Waals surface area (Å²) in [5, 5.41) is 11.6. The molecule has 8 heteroatoms. The summed E-state index contributed by atoms with van der Waals surface area (Å²) in [6.45, 7) is -1.62. The Morgan fingerprint density at radius 3 is 2.71 bits per heavy atom. The van der Waals surface area contributed by atoms with Crippen LogP contribution in [-0.4, -0.2) is 40.5 Å². The molecular formula is C9H12F3N3OS. The fraction of sp³-hybridized carbons (Fsp3) is 0.556. The van der Waals surface area contributed by atoms with Crippen molar-refractivity contribution in [2.45, 2.75) is 24.2 Å². The molecule has 0 saturated heterocycles. The van der Waals surface area contributed by atoms with Gasteiger partial charge in [0.25, 0.3) is 6.43 Å². The maximum Gasteiger partial charge on any atom is 0.260 e. The first-order chi connectivity index (χ1) is 8.12. The lowest BCUT2D eigenvalue weighted by Gasteiger charge is -2.17. The van der Waals surface area contributed by atoms with Crippen molar-refractivity contribution in [1.82, 2.24) is 9.97 Å². The summed E-state index contributed by atoms with van der Waals surface area (Å²) in [5.74, 6) is 0.0369. The molecule has 1 aromatic heterocycles. The standard InChI is InChI=1S/C9H12F3N3OS/c1-17-9-13-3-5(4-16)8(15-9)14-6(2-10)7(11)12/h3,6-7,16H,2,4H2,1H3,(H,13,14,15)/t6-/m0/s1. The van der Waals surface area contributed by atoms with Crippen LogP contribution in [0.3, 0.4) is 0 Å². The Bertz CT molecular complexity index is 367. The van der Waals surface area contributed by atoms with Crippen LogP contribution in [0.1, 0.15) is 5.56 Å². The summed E-state index contributed by atoms with van der Waals surface area (Å²) >= 11 is 1.22. The van der Waals surface area contributed by atoms with Gasteiger partial charge in [0.05, 0.1) is 6.61 Å². The van der Waals surface area contributed by atoms with Gasteiger partial charge in [-0.3, -0.25) is 0 Å². The Labute approximate surface area is 101 Å². The fourth-order valence-electron chi connectivity index (χ4n) is 1.07. The van der Waals surface area contributed by atoms with Crippen molar-refractivity contribution < 1.29 is 18.3 Å². The van der Waals surface area contributed by atoms with Gasteiger partial charge in [-0.05, 0) is 6.26 Å². The van der Waals surface area contributed by atoms with Crippen molar-refractivity contribution in [2.75, 3.05) is 18.2 Å². The predicted molar refractivity (Wildman–Crippen MR) is 59.1 cm³/mol. The first-order valence-corrected chi connectivity index (χ1v) is 5.96. The zero-order valence-corrected chi connectivity index (χ0v) is 9.85. The Hall–Kier alpha value is -1.02. The first-order valence-electron chi connectivity index (χ1n) is 4.73. The van der Waals surface area contributed by atoms with E-state index in [0.29, 0.717) is 5.16 Å². The highest BCUT2D eigenvalue weighted by molar-refractivity contribution is 7.98. The number of aliphatic hydroxyl groups is 1. The molecule has 1 aromatic rings. The van der Waals surface area contributed by atoms with E-state index in [1.165, 1.54) is 18.0 Å². The highest BCUT2D eigenvalue weighted by atomic mass is 32.2. The minimum Gasteiger partial charge on any atom is -0.391 e. The second kappa shape index (κ2) is 6.65. The molecule has 0 aliphatic carbocycles. The lowest BCUT2D eigenvalue weighted by atomic mass is 10.3. The predicted octanol–water partition coefficient (Wildman–Crippen LogP) is 1.71. The van der Waals surface area contributed by atoms with E-state index in [4.69, 9.17) is 5.11 Å². The van der Waals surface area contributed by atoms with Gasteiger partial charge < -0.3 is 10.4 Å². The number of rotatable bonds is 6. The molecule has 0 saturated carbocycles. The summed E-state index contributed by atoms with van der Waals surface area (Å²) in [7, 11) is 0. The van der Waals surface area contributed by atoms with E-state index in [1.54, 1.807) is 6.26 Å². The molecular weight excluding hydrogens is 255 g/mol. The molecule has 0 fully saturated rings.